The van der Waals surface area contributed by atoms with Gasteiger partial charge in [-0.3, -0.25) is 14.5 Å². The van der Waals surface area contributed by atoms with Crippen molar-refractivity contribution in [3.05, 3.63) is 41.5 Å². The first-order chi connectivity index (χ1) is 19.3. The molecule has 2 atom stereocenters. The van der Waals surface area contributed by atoms with E-state index in [-0.39, 0.29) is 11.8 Å². The molecule has 1 aromatic heterocycles. The Bertz CT molecular complexity index is 1150. The summed E-state index contributed by atoms with van der Waals surface area (Å²) in [5, 5.41) is 3.18. The van der Waals surface area contributed by atoms with Crippen LogP contribution in [0, 0.1) is 11.8 Å². The summed E-state index contributed by atoms with van der Waals surface area (Å²) in [4.78, 5) is 35.1. The molecular formula is C30H45N5O5. The number of fused-ring (bicyclic) bond motifs is 1. The van der Waals surface area contributed by atoms with Gasteiger partial charge in [0.1, 0.15) is 29.1 Å². The molecule has 2 amide bonds. The van der Waals surface area contributed by atoms with Gasteiger partial charge in [-0.05, 0) is 56.7 Å². The van der Waals surface area contributed by atoms with E-state index < -0.39 is 6.04 Å². The summed E-state index contributed by atoms with van der Waals surface area (Å²) in [7, 11) is 6.99. The molecule has 2 unspecified atom stereocenters. The second-order valence-corrected chi connectivity index (χ2v) is 11.2. The van der Waals surface area contributed by atoms with E-state index in [1.54, 1.807) is 31.4 Å². The van der Waals surface area contributed by atoms with Gasteiger partial charge in [0.2, 0.25) is 5.91 Å². The van der Waals surface area contributed by atoms with E-state index in [9.17, 15) is 9.59 Å². The number of ether oxygens (including phenoxy) is 3. The number of methoxy groups -OCH3 is 2. The molecule has 1 fully saturated rings. The van der Waals surface area contributed by atoms with Gasteiger partial charge in [0, 0.05) is 64.5 Å². The third-order valence-electron chi connectivity index (χ3n) is 8.22. The third kappa shape index (κ3) is 7.14. The van der Waals surface area contributed by atoms with Crippen molar-refractivity contribution in [2.24, 2.45) is 11.8 Å². The fourth-order valence-electron chi connectivity index (χ4n) is 5.66. The van der Waals surface area contributed by atoms with Gasteiger partial charge < -0.3 is 29.0 Å². The molecule has 0 aliphatic carbocycles. The molecule has 0 spiro atoms. The van der Waals surface area contributed by atoms with Crippen LogP contribution in [-0.4, -0.2) is 92.3 Å². The Labute approximate surface area is 238 Å². The molecule has 3 heterocycles. The molecule has 220 valence electrons. The second-order valence-electron chi connectivity index (χ2n) is 11.2. The standard InChI is InChI=1S/C30H45N5O5/c1-21-9-14-35-25(20-31-27(35)17-21)30(37)34(3)13-6-12-33(2)28(24-8-7-23(38-4)18-26(24)39-5)29(36)32-19-22-10-15-40-16-11-22/h7-8,18,20-22,28H,6,9-17,19H2,1-5H3,(H,32,36). The summed E-state index contributed by atoms with van der Waals surface area (Å²) < 4.78 is 18.6. The first-order valence-corrected chi connectivity index (χ1v) is 14.4. The van der Waals surface area contributed by atoms with Crippen LogP contribution in [0.2, 0.25) is 0 Å². The maximum absolute atomic E-state index is 13.6. The van der Waals surface area contributed by atoms with E-state index in [0.29, 0.717) is 55.1 Å². The number of carbonyl (C=O) groups excluding carboxylic acids is 2. The summed E-state index contributed by atoms with van der Waals surface area (Å²) in [6, 6.07) is 5.00. The van der Waals surface area contributed by atoms with E-state index in [1.807, 2.05) is 31.1 Å². The summed E-state index contributed by atoms with van der Waals surface area (Å²) in [6.07, 6.45) is 6.30. The highest BCUT2D eigenvalue weighted by atomic mass is 16.5. The number of amides is 2. The molecule has 1 N–H and O–H groups in total. The van der Waals surface area contributed by atoms with Gasteiger partial charge in [-0.2, -0.15) is 0 Å². The molecular weight excluding hydrogens is 510 g/mol. The first kappa shape index (κ1) is 29.9. The minimum absolute atomic E-state index is 0.0152. The Morgan fingerprint density at radius 3 is 2.65 bits per heavy atom. The minimum Gasteiger partial charge on any atom is -0.497 e. The number of rotatable bonds is 12. The van der Waals surface area contributed by atoms with Crippen LogP contribution >= 0.6 is 0 Å². The molecule has 2 aliphatic rings. The highest BCUT2D eigenvalue weighted by Gasteiger charge is 2.30. The zero-order valence-corrected chi connectivity index (χ0v) is 24.6. The van der Waals surface area contributed by atoms with E-state index in [1.165, 1.54) is 0 Å². The largest absolute Gasteiger partial charge is 0.497 e. The molecule has 10 nitrogen and oxygen atoms in total. The van der Waals surface area contributed by atoms with Crippen LogP contribution in [-0.2, 0) is 22.5 Å². The summed E-state index contributed by atoms with van der Waals surface area (Å²) >= 11 is 0. The zero-order chi connectivity index (χ0) is 28.6. The molecule has 2 aromatic rings. The van der Waals surface area contributed by atoms with Gasteiger partial charge in [-0.15, -0.1) is 0 Å². The maximum atomic E-state index is 13.6. The molecule has 1 aromatic carbocycles. The zero-order valence-electron chi connectivity index (χ0n) is 24.6. The van der Waals surface area contributed by atoms with Crippen LogP contribution in [0.15, 0.2) is 24.4 Å². The molecule has 0 radical (unpaired) electrons. The van der Waals surface area contributed by atoms with Gasteiger partial charge in [-0.1, -0.05) is 6.92 Å². The number of benzene rings is 1. The van der Waals surface area contributed by atoms with Crippen molar-refractivity contribution in [2.45, 2.75) is 51.6 Å². The van der Waals surface area contributed by atoms with Gasteiger partial charge in [0.15, 0.2) is 0 Å². The van der Waals surface area contributed by atoms with Crippen LogP contribution in [0.4, 0.5) is 0 Å². The Morgan fingerprint density at radius 1 is 1.15 bits per heavy atom. The topological polar surface area (TPSA) is 98.2 Å². The lowest BCUT2D eigenvalue weighted by molar-refractivity contribution is -0.126. The van der Waals surface area contributed by atoms with Crippen LogP contribution in [0.3, 0.4) is 0 Å². The van der Waals surface area contributed by atoms with Crippen LogP contribution in [0.1, 0.15) is 60.5 Å². The lowest BCUT2D eigenvalue weighted by atomic mass is 9.99. The Kier molecular flexibility index (Phi) is 10.4. The monoisotopic (exact) mass is 555 g/mol. The van der Waals surface area contributed by atoms with Crippen molar-refractivity contribution < 1.29 is 23.8 Å². The quantitative estimate of drug-likeness (QED) is 0.430. The SMILES string of the molecule is COc1ccc(C(C(=O)NCC2CCOCC2)N(C)CCCN(C)C(=O)c2cnc3n2CCC(C)C3)c(OC)c1. The Hall–Kier alpha value is -3.11. The molecule has 40 heavy (non-hydrogen) atoms. The van der Waals surface area contributed by atoms with Gasteiger partial charge in [0.05, 0.1) is 20.4 Å². The fourth-order valence-corrected chi connectivity index (χ4v) is 5.66. The second kappa shape index (κ2) is 14.0. The van der Waals surface area contributed by atoms with Crippen LogP contribution in [0.5, 0.6) is 11.5 Å². The lowest BCUT2D eigenvalue weighted by Crippen LogP contribution is -2.42. The molecule has 0 saturated carbocycles. The van der Waals surface area contributed by atoms with E-state index >= 15 is 0 Å². The van der Waals surface area contributed by atoms with E-state index in [0.717, 1.165) is 56.8 Å². The molecule has 2 aliphatic heterocycles. The summed E-state index contributed by atoms with van der Waals surface area (Å²) in [5.74, 6) is 3.19. The molecule has 4 rings (SSSR count). The van der Waals surface area contributed by atoms with Crippen LogP contribution in [0.25, 0.3) is 0 Å². The normalized spacial score (nSPS) is 18.2. The number of hydrogen-bond donors (Lipinski definition) is 1. The molecule has 10 heteroatoms. The highest BCUT2D eigenvalue weighted by molar-refractivity contribution is 5.92. The Morgan fingerprint density at radius 2 is 1.93 bits per heavy atom. The fraction of sp³-hybridized carbons (Fsp3) is 0.633. The number of carbonyl (C=O) groups is 2. The first-order valence-electron chi connectivity index (χ1n) is 14.4. The number of aromatic nitrogens is 2. The number of likely N-dealkylation sites (N-methyl/N-ethyl adjacent to an activating group) is 1. The highest BCUT2D eigenvalue weighted by Crippen LogP contribution is 2.33. The third-order valence-corrected chi connectivity index (χ3v) is 8.22. The lowest BCUT2D eigenvalue weighted by Gasteiger charge is -2.30. The predicted octanol–water partition coefficient (Wildman–Crippen LogP) is 3.16. The van der Waals surface area contributed by atoms with E-state index in [2.05, 4.69) is 21.8 Å². The van der Waals surface area contributed by atoms with Gasteiger partial charge in [0.25, 0.3) is 5.91 Å². The van der Waals surface area contributed by atoms with Gasteiger partial charge >= 0.3 is 0 Å². The van der Waals surface area contributed by atoms with Crippen molar-refractivity contribution in [1.82, 2.24) is 24.7 Å². The smallest absolute Gasteiger partial charge is 0.271 e. The van der Waals surface area contributed by atoms with Gasteiger partial charge in [-0.25, -0.2) is 4.98 Å². The number of nitrogens with one attached hydrogen (secondary N) is 1. The predicted molar refractivity (Wildman–Crippen MR) is 153 cm³/mol. The average Bonchev–Trinajstić information content (AvgIpc) is 3.39. The number of nitrogens with zero attached hydrogens (tertiary/aromatic N) is 4. The molecule has 1 saturated heterocycles. The van der Waals surface area contributed by atoms with Crippen molar-refractivity contribution in [2.75, 3.05) is 61.2 Å². The average molecular weight is 556 g/mol. The maximum Gasteiger partial charge on any atom is 0.271 e. The summed E-state index contributed by atoms with van der Waals surface area (Å²) in [5.41, 5.74) is 1.44. The molecule has 0 bridgehead atoms. The summed E-state index contributed by atoms with van der Waals surface area (Å²) in [6.45, 7) is 6.34. The van der Waals surface area contributed by atoms with Crippen molar-refractivity contribution in [3.63, 3.8) is 0 Å². The van der Waals surface area contributed by atoms with E-state index in [4.69, 9.17) is 14.2 Å². The number of imidazole rings is 1. The van der Waals surface area contributed by atoms with Crippen molar-refractivity contribution in [3.8, 4) is 11.5 Å². The Balaban J connectivity index is 1.41. The van der Waals surface area contributed by atoms with Crippen molar-refractivity contribution >= 4 is 11.8 Å². The minimum atomic E-state index is -0.550. The number of hydrogen-bond acceptors (Lipinski definition) is 7. The van der Waals surface area contributed by atoms with Crippen molar-refractivity contribution in [1.29, 1.82) is 0 Å². The van der Waals surface area contributed by atoms with Crippen LogP contribution < -0.4 is 14.8 Å².